The Morgan fingerprint density at radius 2 is 2.05 bits per heavy atom. The van der Waals surface area contributed by atoms with E-state index >= 15 is 0 Å². The molecule has 1 saturated carbocycles. The molecule has 1 aliphatic carbocycles. The number of sulfonamides is 1. The van der Waals surface area contributed by atoms with Crippen LogP contribution in [0.2, 0.25) is 0 Å². The summed E-state index contributed by atoms with van der Waals surface area (Å²) >= 11 is 0. The molecule has 1 aromatic carbocycles. The van der Waals surface area contributed by atoms with Gasteiger partial charge in [-0.25, -0.2) is 13.1 Å². The molecule has 112 valence electrons. The van der Waals surface area contributed by atoms with Crippen molar-refractivity contribution in [2.24, 2.45) is 0 Å². The molecule has 2 N–H and O–H groups in total. The first-order chi connectivity index (χ1) is 9.42. The fraction of sp³-hybridized carbons (Fsp3) is 0.571. The second kappa shape index (κ2) is 6.11. The van der Waals surface area contributed by atoms with Gasteiger partial charge in [-0.05, 0) is 31.0 Å². The minimum Gasteiger partial charge on any atom is -0.496 e. The zero-order valence-corrected chi connectivity index (χ0v) is 13.0. The summed E-state index contributed by atoms with van der Waals surface area (Å²) in [7, 11) is -1.83. The molecular formula is C14H22N2O3S. The first kappa shape index (κ1) is 15.3. The maximum absolute atomic E-state index is 12.2. The summed E-state index contributed by atoms with van der Waals surface area (Å²) in [5.74, 6) is 0.698. The smallest absolute Gasteiger partial charge is 0.240 e. The maximum Gasteiger partial charge on any atom is 0.240 e. The Bertz CT molecular complexity index is 566. The van der Waals surface area contributed by atoms with Gasteiger partial charge in [0.2, 0.25) is 10.0 Å². The zero-order valence-electron chi connectivity index (χ0n) is 12.1. The third-order valence-corrected chi connectivity index (χ3v) is 4.68. The van der Waals surface area contributed by atoms with Crippen LogP contribution in [0.15, 0.2) is 23.1 Å². The number of hydrogen-bond donors (Lipinski definition) is 2. The van der Waals surface area contributed by atoms with Crippen LogP contribution in [-0.4, -0.2) is 27.6 Å². The van der Waals surface area contributed by atoms with Gasteiger partial charge in [-0.15, -0.1) is 0 Å². The standard InChI is InChI=1S/C14H22N2O3S/c1-10(2)15-9-11-8-13(6-7-14(11)19-3)20(17,18)16-12-4-5-12/h6-8,10,12,15-16H,4-5,9H2,1-3H3. The highest BCUT2D eigenvalue weighted by molar-refractivity contribution is 7.89. The Labute approximate surface area is 120 Å². The van der Waals surface area contributed by atoms with Crippen LogP contribution in [0.25, 0.3) is 0 Å². The van der Waals surface area contributed by atoms with Crippen LogP contribution >= 0.6 is 0 Å². The van der Waals surface area contributed by atoms with E-state index in [1.165, 1.54) is 0 Å². The zero-order chi connectivity index (χ0) is 14.8. The van der Waals surface area contributed by atoms with Gasteiger partial charge in [-0.1, -0.05) is 13.8 Å². The van der Waals surface area contributed by atoms with Gasteiger partial charge >= 0.3 is 0 Å². The van der Waals surface area contributed by atoms with Gasteiger partial charge in [0.15, 0.2) is 0 Å². The van der Waals surface area contributed by atoms with E-state index in [1.807, 2.05) is 13.8 Å². The minimum atomic E-state index is -3.42. The first-order valence-corrected chi connectivity index (χ1v) is 8.33. The third-order valence-electron chi connectivity index (χ3n) is 3.16. The van der Waals surface area contributed by atoms with Gasteiger partial charge in [0.25, 0.3) is 0 Å². The number of ether oxygens (including phenoxy) is 1. The maximum atomic E-state index is 12.2. The molecule has 20 heavy (non-hydrogen) atoms. The second-order valence-electron chi connectivity index (χ2n) is 5.40. The Balaban J connectivity index is 2.23. The van der Waals surface area contributed by atoms with Gasteiger partial charge in [0.05, 0.1) is 12.0 Å². The van der Waals surface area contributed by atoms with E-state index in [0.717, 1.165) is 18.4 Å². The van der Waals surface area contributed by atoms with Gasteiger partial charge < -0.3 is 10.1 Å². The lowest BCUT2D eigenvalue weighted by Crippen LogP contribution is -2.26. The molecule has 0 radical (unpaired) electrons. The minimum absolute atomic E-state index is 0.111. The molecule has 0 heterocycles. The van der Waals surface area contributed by atoms with E-state index in [2.05, 4.69) is 10.0 Å². The lowest BCUT2D eigenvalue weighted by Gasteiger charge is -2.14. The summed E-state index contributed by atoms with van der Waals surface area (Å²) < 4.78 is 32.4. The van der Waals surface area contributed by atoms with Crippen LogP contribution in [0, 0.1) is 0 Å². The molecular weight excluding hydrogens is 276 g/mol. The van der Waals surface area contributed by atoms with E-state index in [0.29, 0.717) is 23.2 Å². The van der Waals surface area contributed by atoms with Crippen molar-refractivity contribution in [3.8, 4) is 5.75 Å². The summed E-state index contributed by atoms with van der Waals surface area (Å²) in [6, 6.07) is 5.41. The van der Waals surface area contributed by atoms with Crippen LogP contribution in [0.4, 0.5) is 0 Å². The summed E-state index contributed by atoms with van der Waals surface area (Å²) in [6.07, 6.45) is 1.86. The molecule has 0 amide bonds. The highest BCUT2D eigenvalue weighted by atomic mass is 32.2. The Hall–Kier alpha value is -1.11. The van der Waals surface area contributed by atoms with E-state index in [1.54, 1.807) is 25.3 Å². The molecule has 2 rings (SSSR count). The van der Waals surface area contributed by atoms with Crippen LogP contribution in [0.3, 0.4) is 0 Å². The Morgan fingerprint density at radius 3 is 2.60 bits per heavy atom. The predicted molar refractivity (Wildman–Crippen MR) is 78.3 cm³/mol. The monoisotopic (exact) mass is 298 g/mol. The topological polar surface area (TPSA) is 67.4 Å². The van der Waals surface area contributed by atoms with Crippen molar-refractivity contribution in [3.63, 3.8) is 0 Å². The molecule has 0 aromatic heterocycles. The molecule has 0 aliphatic heterocycles. The molecule has 0 atom stereocenters. The Morgan fingerprint density at radius 1 is 1.35 bits per heavy atom. The largest absolute Gasteiger partial charge is 0.496 e. The molecule has 0 bridgehead atoms. The van der Waals surface area contributed by atoms with Crippen LogP contribution in [0.1, 0.15) is 32.3 Å². The fourth-order valence-corrected chi connectivity index (χ4v) is 3.22. The molecule has 0 saturated heterocycles. The van der Waals surface area contributed by atoms with E-state index in [-0.39, 0.29) is 6.04 Å². The van der Waals surface area contributed by atoms with Crippen molar-refractivity contribution in [2.75, 3.05) is 7.11 Å². The van der Waals surface area contributed by atoms with Gasteiger partial charge in [-0.2, -0.15) is 0 Å². The van der Waals surface area contributed by atoms with Crippen molar-refractivity contribution in [1.82, 2.24) is 10.0 Å². The number of nitrogens with one attached hydrogen (secondary N) is 2. The molecule has 0 spiro atoms. The Kier molecular flexibility index (Phi) is 4.67. The number of benzene rings is 1. The predicted octanol–water partition coefficient (Wildman–Crippen LogP) is 1.63. The normalized spacial score (nSPS) is 15.6. The van der Waals surface area contributed by atoms with Crippen LogP contribution < -0.4 is 14.8 Å². The average Bonchev–Trinajstić information content (AvgIpc) is 3.19. The molecule has 1 fully saturated rings. The van der Waals surface area contributed by atoms with Crippen molar-refractivity contribution >= 4 is 10.0 Å². The second-order valence-corrected chi connectivity index (χ2v) is 7.12. The molecule has 0 unspecified atom stereocenters. The van der Waals surface area contributed by atoms with Crippen LogP contribution in [-0.2, 0) is 16.6 Å². The summed E-state index contributed by atoms with van der Waals surface area (Å²) in [6.45, 7) is 4.66. The summed E-state index contributed by atoms with van der Waals surface area (Å²) in [4.78, 5) is 0.297. The summed E-state index contributed by atoms with van der Waals surface area (Å²) in [5, 5.41) is 3.27. The van der Waals surface area contributed by atoms with E-state index in [4.69, 9.17) is 4.74 Å². The third kappa shape index (κ3) is 3.94. The lowest BCUT2D eigenvalue weighted by molar-refractivity contribution is 0.406. The van der Waals surface area contributed by atoms with Gasteiger partial charge in [0, 0.05) is 24.2 Å². The lowest BCUT2D eigenvalue weighted by atomic mass is 10.2. The molecule has 1 aromatic rings. The van der Waals surface area contributed by atoms with E-state index < -0.39 is 10.0 Å². The SMILES string of the molecule is COc1ccc(S(=O)(=O)NC2CC2)cc1CNC(C)C. The number of hydrogen-bond acceptors (Lipinski definition) is 4. The van der Waals surface area contributed by atoms with Crippen molar-refractivity contribution in [3.05, 3.63) is 23.8 Å². The average molecular weight is 298 g/mol. The van der Waals surface area contributed by atoms with Crippen molar-refractivity contribution in [2.45, 2.75) is 50.2 Å². The summed E-state index contributed by atoms with van der Waals surface area (Å²) in [5.41, 5.74) is 0.847. The van der Waals surface area contributed by atoms with Gasteiger partial charge in [-0.3, -0.25) is 0 Å². The first-order valence-electron chi connectivity index (χ1n) is 6.85. The van der Waals surface area contributed by atoms with Gasteiger partial charge in [0.1, 0.15) is 5.75 Å². The highest BCUT2D eigenvalue weighted by Crippen LogP contribution is 2.25. The fourth-order valence-electron chi connectivity index (χ4n) is 1.86. The number of methoxy groups -OCH3 is 1. The quantitative estimate of drug-likeness (QED) is 0.803. The number of rotatable bonds is 7. The highest BCUT2D eigenvalue weighted by Gasteiger charge is 2.28. The van der Waals surface area contributed by atoms with Crippen molar-refractivity contribution < 1.29 is 13.2 Å². The molecule has 1 aliphatic rings. The van der Waals surface area contributed by atoms with Crippen molar-refractivity contribution in [1.29, 1.82) is 0 Å². The molecule has 6 heteroatoms. The van der Waals surface area contributed by atoms with Crippen LogP contribution in [0.5, 0.6) is 5.75 Å². The molecule has 5 nitrogen and oxygen atoms in total. The van der Waals surface area contributed by atoms with E-state index in [9.17, 15) is 8.42 Å².